The zero-order valence-electron chi connectivity index (χ0n) is 15.7. The number of amides is 2. The fraction of sp³-hybridized carbons (Fsp3) is 0.429. The summed E-state index contributed by atoms with van der Waals surface area (Å²) in [5.74, 6) is -0.0940. The number of fused-ring (bicyclic) bond motifs is 2. The number of likely N-dealkylation sites (N-methyl/N-ethyl adjacent to an activating group) is 1. The van der Waals surface area contributed by atoms with E-state index in [1.807, 2.05) is 4.90 Å². The van der Waals surface area contributed by atoms with E-state index in [-0.39, 0.29) is 11.8 Å². The van der Waals surface area contributed by atoms with Crippen LogP contribution >= 0.6 is 0 Å². The molecule has 1 saturated heterocycles. The molecule has 140 valence electrons. The normalized spacial score (nSPS) is 26.1. The molecule has 2 aromatic rings. The number of rotatable bonds is 2. The summed E-state index contributed by atoms with van der Waals surface area (Å²) in [6, 6.07) is 6.89. The number of H-pyrrole nitrogens is 1. The number of hydrogen-bond donors (Lipinski definition) is 2. The second-order valence-corrected chi connectivity index (χ2v) is 8.14. The van der Waals surface area contributed by atoms with Gasteiger partial charge in [0.1, 0.15) is 0 Å². The third-order valence-corrected chi connectivity index (χ3v) is 6.18. The van der Waals surface area contributed by atoms with Crippen LogP contribution in [0.4, 0.5) is 0 Å². The Morgan fingerprint density at radius 2 is 1.96 bits per heavy atom. The lowest BCUT2D eigenvalue weighted by atomic mass is 9.79. The Bertz CT molecular complexity index is 973. The van der Waals surface area contributed by atoms with Crippen molar-refractivity contribution in [2.45, 2.75) is 19.4 Å². The molecule has 1 aliphatic carbocycles. The van der Waals surface area contributed by atoms with Gasteiger partial charge in [0.05, 0.1) is 13.1 Å². The number of carbonyl (C=O) groups excluding carboxylic acids is 2. The highest BCUT2D eigenvalue weighted by atomic mass is 16.2. The molecule has 0 saturated carbocycles. The zero-order chi connectivity index (χ0) is 18.7. The summed E-state index contributed by atoms with van der Waals surface area (Å²) < 4.78 is 0. The Hall–Kier alpha value is -2.44. The minimum absolute atomic E-state index is 0.198. The SMILES string of the molecule is Cc1[nH]c2cccc3c2c1C[C@@H]1C3=C[C@@H](CN2CC(=O)NC(=O)C2)CN1C. The molecule has 27 heavy (non-hydrogen) atoms. The maximum Gasteiger partial charge on any atom is 0.240 e. The van der Waals surface area contributed by atoms with Crippen LogP contribution in [0.5, 0.6) is 0 Å². The van der Waals surface area contributed by atoms with Gasteiger partial charge in [-0.05, 0) is 43.2 Å². The molecule has 0 unspecified atom stereocenters. The maximum absolute atomic E-state index is 11.7. The molecule has 6 nitrogen and oxygen atoms in total. The van der Waals surface area contributed by atoms with E-state index < -0.39 is 0 Å². The number of imide groups is 1. The third kappa shape index (κ3) is 2.71. The highest BCUT2D eigenvalue weighted by molar-refractivity contribution is 6.00. The molecule has 1 fully saturated rings. The third-order valence-electron chi connectivity index (χ3n) is 6.18. The molecule has 3 heterocycles. The largest absolute Gasteiger partial charge is 0.358 e. The van der Waals surface area contributed by atoms with Crippen molar-refractivity contribution in [1.29, 1.82) is 0 Å². The number of benzene rings is 1. The van der Waals surface area contributed by atoms with Crippen LogP contribution in [0.25, 0.3) is 16.5 Å². The standard InChI is InChI=1S/C21H24N4O2/c1-12-15-7-18-16(14-4-3-5-17(22-12)21(14)15)6-13(8-24(18)2)9-25-10-19(26)23-20(27)11-25/h3-6,13,18,22H,7-11H2,1-2H3,(H,23,26,27)/t13-,18-/m1/s1. The number of aromatic nitrogens is 1. The topological polar surface area (TPSA) is 68.4 Å². The lowest BCUT2D eigenvalue weighted by Crippen LogP contribution is -2.53. The molecule has 2 amide bonds. The molecule has 5 rings (SSSR count). The van der Waals surface area contributed by atoms with Crippen molar-refractivity contribution >= 4 is 28.3 Å². The van der Waals surface area contributed by atoms with E-state index in [1.165, 1.54) is 33.3 Å². The lowest BCUT2D eigenvalue weighted by Gasteiger charge is -2.41. The number of nitrogens with one attached hydrogen (secondary N) is 2. The van der Waals surface area contributed by atoms with Gasteiger partial charge in [-0.3, -0.25) is 24.7 Å². The summed E-state index contributed by atoms with van der Waals surface area (Å²) >= 11 is 0. The van der Waals surface area contributed by atoms with Gasteiger partial charge >= 0.3 is 0 Å². The Labute approximate surface area is 158 Å². The van der Waals surface area contributed by atoms with Crippen molar-refractivity contribution in [3.8, 4) is 0 Å². The van der Waals surface area contributed by atoms with Gasteiger partial charge in [-0.1, -0.05) is 18.2 Å². The number of hydrogen-bond acceptors (Lipinski definition) is 4. The van der Waals surface area contributed by atoms with Crippen LogP contribution in [0.2, 0.25) is 0 Å². The quantitative estimate of drug-likeness (QED) is 0.789. The number of aromatic amines is 1. The van der Waals surface area contributed by atoms with Gasteiger partial charge in [-0.25, -0.2) is 0 Å². The van der Waals surface area contributed by atoms with Crippen molar-refractivity contribution in [3.63, 3.8) is 0 Å². The highest BCUT2D eigenvalue weighted by Crippen LogP contribution is 2.42. The second-order valence-electron chi connectivity index (χ2n) is 8.14. The van der Waals surface area contributed by atoms with E-state index in [9.17, 15) is 9.59 Å². The second kappa shape index (κ2) is 6.04. The first kappa shape index (κ1) is 16.7. The molecule has 2 aliphatic heterocycles. The molecule has 3 aliphatic rings. The minimum atomic E-state index is -0.198. The van der Waals surface area contributed by atoms with E-state index in [0.29, 0.717) is 25.0 Å². The summed E-state index contributed by atoms with van der Waals surface area (Å²) in [5, 5.41) is 3.74. The smallest absolute Gasteiger partial charge is 0.240 e. The van der Waals surface area contributed by atoms with Crippen LogP contribution in [-0.4, -0.2) is 65.9 Å². The van der Waals surface area contributed by atoms with E-state index in [2.05, 4.69) is 53.4 Å². The Morgan fingerprint density at radius 3 is 2.74 bits per heavy atom. The van der Waals surface area contributed by atoms with Crippen LogP contribution < -0.4 is 5.32 Å². The van der Waals surface area contributed by atoms with E-state index in [4.69, 9.17) is 0 Å². The van der Waals surface area contributed by atoms with Gasteiger partial charge in [0.2, 0.25) is 11.8 Å². The average Bonchev–Trinajstić information content (AvgIpc) is 2.92. The summed E-state index contributed by atoms with van der Waals surface area (Å²) in [5.41, 5.74) is 6.63. The fourth-order valence-electron chi connectivity index (χ4n) is 5.09. The average molecular weight is 364 g/mol. The number of piperazine rings is 1. The summed E-state index contributed by atoms with van der Waals surface area (Å²) in [4.78, 5) is 31.3. The summed E-state index contributed by atoms with van der Waals surface area (Å²) in [6.07, 6.45) is 3.42. The van der Waals surface area contributed by atoms with Crippen LogP contribution in [0.15, 0.2) is 24.3 Å². The van der Waals surface area contributed by atoms with Gasteiger partial charge in [-0.2, -0.15) is 0 Å². The molecule has 0 bridgehead atoms. The summed E-state index contributed by atoms with van der Waals surface area (Å²) in [7, 11) is 2.19. The fourth-order valence-corrected chi connectivity index (χ4v) is 5.09. The first-order valence-electron chi connectivity index (χ1n) is 9.57. The van der Waals surface area contributed by atoms with Crippen LogP contribution in [-0.2, 0) is 16.0 Å². The van der Waals surface area contributed by atoms with E-state index >= 15 is 0 Å². The number of carbonyl (C=O) groups is 2. The maximum atomic E-state index is 11.7. The van der Waals surface area contributed by atoms with Gasteiger partial charge in [0, 0.05) is 41.6 Å². The van der Waals surface area contributed by atoms with Crippen molar-refractivity contribution < 1.29 is 9.59 Å². The molecule has 6 heteroatoms. The molecule has 1 aromatic carbocycles. The Kier molecular flexibility index (Phi) is 3.74. The summed E-state index contributed by atoms with van der Waals surface area (Å²) in [6.45, 7) is 4.44. The molecular weight excluding hydrogens is 340 g/mol. The van der Waals surface area contributed by atoms with E-state index in [1.54, 1.807) is 0 Å². The van der Waals surface area contributed by atoms with Crippen molar-refractivity contribution in [1.82, 2.24) is 20.1 Å². The lowest BCUT2D eigenvalue weighted by molar-refractivity contribution is -0.136. The predicted octanol–water partition coefficient (Wildman–Crippen LogP) is 1.30. The van der Waals surface area contributed by atoms with Gasteiger partial charge < -0.3 is 4.98 Å². The molecule has 2 atom stereocenters. The van der Waals surface area contributed by atoms with Gasteiger partial charge in [-0.15, -0.1) is 0 Å². The van der Waals surface area contributed by atoms with Crippen molar-refractivity contribution in [2.24, 2.45) is 5.92 Å². The van der Waals surface area contributed by atoms with Crippen molar-refractivity contribution in [2.75, 3.05) is 33.2 Å². The zero-order valence-corrected chi connectivity index (χ0v) is 15.7. The Morgan fingerprint density at radius 1 is 1.19 bits per heavy atom. The van der Waals surface area contributed by atoms with Crippen molar-refractivity contribution in [3.05, 3.63) is 41.1 Å². The number of nitrogens with zero attached hydrogens (tertiary/aromatic N) is 2. The van der Waals surface area contributed by atoms with Crippen LogP contribution in [0, 0.1) is 12.8 Å². The van der Waals surface area contributed by atoms with Crippen LogP contribution in [0.3, 0.4) is 0 Å². The minimum Gasteiger partial charge on any atom is -0.358 e. The molecule has 0 spiro atoms. The highest BCUT2D eigenvalue weighted by Gasteiger charge is 2.35. The van der Waals surface area contributed by atoms with E-state index in [0.717, 1.165) is 19.5 Å². The molecule has 2 N–H and O–H groups in total. The first-order chi connectivity index (χ1) is 13.0. The molecular formula is C21H24N4O2. The first-order valence-corrected chi connectivity index (χ1v) is 9.57. The predicted molar refractivity (Wildman–Crippen MR) is 104 cm³/mol. The Balaban J connectivity index is 1.51. The van der Waals surface area contributed by atoms with Gasteiger partial charge in [0.25, 0.3) is 0 Å². The molecule has 0 radical (unpaired) electrons. The monoisotopic (exact) mass is 364 g/mol. The van der Waals surface area contributed by atoms with Crippen LogP contribution in [0.1, 0.15) is 16.8 Å². The van der Waals surface area contributed by atoms with Gasteiger partial charge in [0.15, 0.2) is 0 Å². The number of aryl methyl sites for hydroxylation is 1. The molecule has 1 aromatic heterocycles.